The summed E-state index contributed by atoms with van der Waals surface area (Å²) in [5.41, 5.74) is 3.39. The normalized spacial score (nSPS) is 10.4. The number of halogens is 1. The quantitative estimate of drug-likeness (QED) is 0.887. The monoisotopic (exact) mass is 235 g/mol. The van der Waals surface area contributed by atoms with Gasteiger partial charge >= 0.3 is 0 Å². The van der Waals surface area contributed by atoms with Crippen LogP contribution in [0.4, 0.5) is 5.69 Å². The molecule has 1 aromatic carbocycles. The highest BCUT2D eigenvalue weighted by molar-refractivity contribution is 6.30. The van der Waals surface area contributed by atoms with Gasteiger partial charge in [0.15, 0.2) is 0 Å². The molecule has 1 heterocycles. The first-order valence-corrected chi connectivity index (χ1v) is 5.50. The molecule has 0 aliphatic carbocycles. The number of aromatic nitrogens is 2. The Kier molecular flexibility index (Phi) is 3.15. The number of hydrogen-bond acceptors (Lipinski definition) is 2. The van der Waals surface area contributed by atoms with E-state index in [1.807, 2.05) is 36.0 Å². The van der Waals surface area contributed by atoms with Gasteiger partial charge in [-0.15, -0.1) is 0 Å². The van der Waals surface area contributed by atoms with Crippen molar-refractivity contribution in [3.63, 3.8) is 0 Å². The molecule has 0 fully saturated rings. The maximum absolute atomic E-state index is 5.95. The van der Waals surface area contributed by atoms with E-state index >= 15 is 0 Å². The minimum Gasteiger partial charge on any atom is -0.379 e. The van der Waals surface area contributed by atoms with E-state index in [0.717, 1.165) is 22.9 Å². The molecule has 0 spiro atoms. The predicted molar refractivity (Wildman–Crippen MR) is 66.7 cm³/mol. The lowest BCUT2D eigenvalue weighted by Gasteiger charge is -2.10. The summed E-state index contributed by atoms with van der Waals surface area (Å²) < 4.78 is 1.99. The number of hydrogen-bond donors (Lipinski definition) is 1. The number of anilines is 1. The Morgan fingerprint density at radius 2 is 2.25 bits per heavy atom. The van der Waals surface area contributed by atoms with Crippen LogP contribution in [0, 0.1) is 6.92 Å². The Morgan fingerprint density at radius 3 is 2.94 bits per heavy atom. The number of rotatable bonds is 3. The van der Waals surface area contributed by atoms with Gasteiger partial charge in [-0.1, -0.05) is 17.7 Å². The van der Waals surface area contributed by atoms with Gasteiger partial charge in [0.05, 0.1) is 18.6 Å². The van der Waals surface area contributed by atoms with Gasteiger partial charge in [0.2, 0.25) is 0 Å². The third-order valence-electron chi connectivity index (χ3n) is 2.58. The van der Waals surface area contributed by atoms with Crippen molar-refractivity contribution in [3.05, 3.63) is 47.0 Å². The van der Waals surface area contributed by atoms with E-state index in [1.54, 1.807) is 6.33 Å². The second kappa shape index (κ2) is 4.58. The van der Waals surface area contributed by atoms with Crippen molar-refractivity contribution >= 4 is 17.3 Å². The van der Waals surface area contributed by atoms with Crippen LogP contribution in [0.5, 0.6) is 0 Å². The van der Waals surface area contributed by atoms with Gasteiger partial charge in [0.25, 0.3) is 0 Å². The molecule has 3 nitrogen and oxygen atoms in total. The van der Waals surface area contributed by atoms with Crippen molar-refractivity contribution < 1.29 is 0 Å². The van der Waals surface area contributed by atoms with Crippen molar-refractivity contribution in [2.45, 2.75) is 13.5 Å². The molecule has 1 aromatic heterocycles. The van der Waals surface area contributed by atoms with Gasteiger partial charge in [-0.25, -0.2) is 4.98 Å². The van der Waals surface area contributed by atoms with Gasteiger partial charge in [0.1, 0.15) is 0 Å². The van der Waals surface area contributed by atoms with Gasteiger partial charge in [-0.3, -0.25) is 0 Å². The number of nitrogens with one attached hydrogen (secondary N) is 1. The molecule has 0 saturated heterocycles. The third kappa shape index (κ3) is 2.36. The van der Waals surface area contributed by atoms with Crippen LogP contribution in [0.25, 0.3) is 0 Å². The topological polar surface area (TPSA) is 29.9 Å². The Labute approximate surface area is 100 Å². The van der Waals surface area contributed by atoms with Crippen LogP contribution in [0.3, 0.4) is 0 Å². The fourth-order valence-electron chi connectivity index (χ4n) is 1.53. The maximum atomic E-state index is 5.95. The second-order valence-electron chi connectivity index (χ2n) is 3.81. The van der Waals surface area contributed by atoms with E-state index in [0.29, 0.717) is 0 Å². The maximum Gasteiger partial charge on any atom is 0.0946 e. The zero-order valence-electron chi connectivity index (χ0n) is 9.37. The number of benzene rings is 1. The van der Waals surface area contributed by atoms with E-state index in [2.05, 4.69) is 17.2 Å². The molecule has 0 saturated carbocycles. The highest BCUT2D eigenvalue weighted by Gasteiger charge is 2.01. The molecule has 0 bridgehead atoms. The Bertz CT molecular complexity index is 491. The molecular weight excluding hydrogens is 222 g/mol. The van der Waals surface area contributed by atoms with Gasteiger partial charge in [-0.2, -0.15) is 0 Å². The number of imidazole rings is 1. The average molecular weight is 236 g/mol. The van der Waals surface area contributed by atoms with Crippen LogP contribution in [-0.4, -0.2) is 9.55 Å². The summed E-state index contributed by atoms with van der Waals surface area (Å²) >= 11 is 5.95. The summed E-state index contributed by atoms with van der Waals surface area (Å²) in [6.07, 6.45) is 3.65. The highest BCUT2D eigenvalue weighted by atomic mass is 35.5. The van der Waals surface area contributed by atoms with Crippen LogP contribution >= 0.6 is 11.6 Å². The summed E-state index contributed by atoms with van der Waals surface area (Å²) in [7, 11) is 1.98. The molecule has 16 heavy (non-hydrogen) atoms. The zero-order chi connectivity index (χ0) is 11.5. The molecule has 0 unspecified atom stereocenters. The van der Waals surface area contributed by atoms with E-state index in [4.69, 9.17) is 11.6 Å². The third-order valence-corrected chi connectivity index (χ3v) is 2.81. The van der Waals surface area contributed by atoms with Crippen LogP contribution < -0.4 is 5.32 Å². The van der Waals surface area contributed by atoms with Crippen LogP contribution in [0.2, 0.25) is 5.02 Å². The lowest BCUT2D eigenvalue weighted by atomic mass is 10.2. The molecule has 2 aromatic rings. The van der Waals surface area contributed by atoms with Gasteiger partial charge in [-0.05, 0) is 24.6 Å². The van der Waals surface area contributed by atoms with E-state index in [1.165, 1.54) is 5.56 Å². The van der Waals surface area contributed by atoms with Crippen LogP contribution in [0.15, 0.2) is 30.7 Å². The van der Waals surface area contributed by atoms with Crippen molar-refractivity contribution in [2.24, 2.45) is 7.05 Å². The fourth-order valence-corrected chi connectivity index (χ4v) is 1.70. The van der Waals surface area contributed by atoms with Crippen molar-refractivity contribution in [2.75, 3.05) is 5.32 Å². The smallest absolute Gasteiger partial charge is 0.0946 e. The van der Waals surface area contributed by atoms with E-state index in [9.17, 15) is 0 Å². The minimum absolute atomic E-state index is 0.748. The largest absolute Gasteiger partial charge is 0.379 e. The molecular formula is C12H14ClN3. The molecule has 0 amide bonds. The Balaban J connectivity index is 2.10. The van der Waals surface area contributed by atoms with Gasteiger partial charge in [0, 0.05) is 24.0 Å². The average Bonchev–Trinajstić information content (AvgIpc) is 2.66. The van der Waals surface area contributed by atoms with Crippen LogP contribution in [0.1, 0.15) is 11.3 Å². The van der Waals surface area contributed by atoms with Crippen molar-refractivity contribution in [3.8, 4) is 0 Å². The standard InChI is InChI=1S/C12H14ClN3/c1-9-3-4-10(13)5-12(9)15-7-11-6-14-8-16(11)2/h3-6,8,15H,7H2,1-2H3. The second-order valence-corrected chi connectivity index (χ2v) is 4.25. The highest BCUT2D eigenvalue weighted by Crippen LogP contribution is 2.20. The SMILES string of the molecule is Cc1ccc(Cl)cc1NCc1cncn1C. The summed E-state index contributed by atoms with van der Waals surface area (Å²) in [6, 6.07) is 5.84. The Morgan fingerprint density at radius 1 is 1.44 bits per heavy atom. The minimum atomic E-state index is 0.748. The van der Waals surface area contributed by atoms with Gasteiger partial charge < -0.3 is 9.88 Å². The molecule has 84 valence electrons. The lowest BCUT2D eigenvalue weighted by Crippen LogP contribution is -2.04. The molecule has 1 N–H and O–H groups in total. The molecule has 0 atom stereocenters. The zero-order valence-corrected chi connectivity index (χ0v) is 10.1. The van der Waals surface area contributed by atoms with E-state index in [-0.39, 0.29) is 0 Å². The predicted octanol–water partition coefficient (Wildman–Crippen LogP) is 2.99. The van der Waals surface area contributed by atoms with E-state index < -0.39 is 0 Å². The Hall–Kier alpha value is -1.48. The van der Waals surface area contributed by atoms with Crippen molar-refractivity contribution in [1.82, 2.24) is 9.55 Å². The first-order valence-electron chi connectivity index (χ1n) is 5.12. The first-order chi connectivity index (χ1) is 7.66. The number of nitrogens with zero attached hydrogens (tertiary/aromatic N) is 2. The summed E-state index contributed by atoms with van der Waals surface area (Å²) in [4.78, 5) is 4.07. The molecule has 2 rings (SSSR count). The summed E-state index contributed by atoms with van der Waals surface area (Å²) in [5, 5.41) is 4.10. The summed E-state index contributed by atoms with van der Waals surface area (Å²) in [6.45, 7) is 2.81. The molecule has 0 aliphatic rings. The fraction of sp³-hybridized carbons (Fsp3) is 0.250. The molecule has 0 aliphatic heterocycles. The van der Waals surface area contributed by atoms with Crippen LogP contribution in [-0.2, 0) is 13.6 Å². The summed E-state index contributed by atoms with van der Waals surface area (Å²) in [5.74, 6) is 0. The molecule has 0 radical (unpaired) electrons. The first kappa shape index (κ1) is 11.0. The van der Waals surface area contributed by atoms with Crippen molar-refractivity contribution in [1.29, 1.82) is 0 Å². The number of aryl methyl sites for hydroxylation is 2. The lowest BCUT2D eigenvalue weighted by molar-refractivity contribution is 0.837. The molecule has 4 heteroatoms.